The summed E-state index contributed by atoms with van der Waals surface area (Å²) >= 11 is 0. The van der Waals surface area contributed by atoms with Crippen LogP contribution in [-0.4, -0.2) is 12.4 Å². The third kappa shape index (κ3) is 15.6. The first kappa shape index (κ1) is 23.9. The number of benzene rings is 1. The summed E-state index contributed by atoms with van der Waals surface area (Å²) in [7, 11) is 0. The molecule has 1 aromatic carbocycles. The first-order valence-corrected chi connectivity index (χ1v) is 11.5. The predicted octanol–water partition coefficient (Wildman–Crippen LogP) is 7.64. The van der Waals surface area contributed by atoms with Gasteiger partial charge in [-0.25, -0.2) is 0 Å². The van der Waals surface area contributed by atoms with Crippen LogP contribution < -0.4 is 0 Å². The smallest absolute Gasteiger partial charge is 0.132 e. The molecule has 0 saturated heterocycles. The number of rotatable bonds is 19. The fourth-order valence-corrected chi connectivity index (χ4v) is 3.40. The van der Waals surface area contributed by atoms with Crippen LogP contribution in [0, 0.1) is 0 Å². The number of hydrogen-bond donors (Lipinski definition) is 0. The molecule has 0 spiro atoms. The number of unbranched alkanes of at least 4 members (excludes halogenated alkanes) is 11. The number of ether oxygens (including phenoxy) is 1. The minimum Gasteiger partial charge on any atom is -0.377 e. The molecule has 0 aliphatic carbocycles. The second-order valence-electron chi connectivity index (χ2n) is 7.82. The lowest BCUT2D eigenvalue weighted by Crippen LogP contribution is -1.98. The molecule has 1 aromatic rings. The van der Waals surface area contributed by atoms with Crippen LogP contribution in [0.15, 0.2) is 30.3 Å². The zero-order valence-corrected chi connectivity index (χ0v) is 17.7. The van der Waals surface area contributed by atoms with E-state index in [1.54, 1.807) is 0 Å². The SMILES string of the molecule is CCCCCCCCCCCC(=O)CCCCCCOCc1ccccc1. The largest absolute Gasteiger partial charge is 0.377 e. The number of carbonyl (C=O) groups excluding carboxylic acids is 1. The van der Waals surface area contributed by atoms with E-state index >= 15 is 0 Å². The van der Waals surface area contributed by atoms with Crippen molar-refractivity contribution >= 4 is 5.78 Å². The maximum absolute atomic E-state index is 11.9. The quantitative estimate of drug-likeness (QED) is 0.232. The monoisotopic (exact) mass is 374 g/mol. The molecule has 0 heterocycles. The van der Waals surface area contributed by atoms with Crippen molar-refractivity contribution in [3.8, 4) is 0 Å². The lowest BCUT2D eigenvalue weighted by Gasteiger charge is -2.05. The standard InChI is InChI=1S/C25H42O2/c1-2-3-4-5-6-7-8-9-15-20-25(26)21-16-10-11-17-22-27-23-24-18-13-12-14-19-24/h12-14,18-19H,2-11,15-17,20-23H2,1H3. The summed E-state index contributed by atoms with van der Waals surface area (Å²) in [6.45, 7) is 3.79. The van der Waals surface area contributed by atoms with Crippen LogP contribution in [0.2, 0.25) is 0 Å². The highest BCUT2D eigenvalue weighted by Crippen LogP contribution is 2.12. The van der Waals surface area contributed by atoms with Gasteiger partial charge in [0.15, 0.2) is 0 Å². The highest BCUT2D eigenvalue weighted by Gasteiger charge is 2.02. The Hall–Kier alpha value is -1.15. The second kappa shape index (κ2) is 18.2. The second-order valence-corrected chi connectivity index (χ2v) is 7.82. The molecule has 1 rings (SSSR count). The normalized spacial score (nSPS) is 11.0. The van der Waals surface area contributed by atoms with Gasteiger partial charge >= 0.3 is 0 Å². The van der Waals surface area contributed by atoms with Crippen LogP contribution in [0.4, 0.5) is 0 Å². The molecule has 0 atom stereocenters. The van der Waals surface area contributed by atoms with Gasteiger partial charge < -0.3 is 4.74 Å². The van der Waals surface area contributed by atoms with Gasteiger partial charge in [0.05, 0.1) is 6.61 Å². The average molecular weight is 375 g/mol. The van der Waals surface area contributed by atoms with Crippen molar-refractivity contribution in [2.45, 2.75) is 110 Å². The Morgan fingerprint density at radius 3 is 1.81 bits per heavy atom. The molecule has 0 unspecified atom stereocenters. The number of Topliss-reactive ketones (excluding diaryl/α,β-unsaturated/α-hetero) is 1. The van der Waals surface area contributed by atoms with E-state index in [1.807, 2.05) is 18.2 Å². The van der Waals surface area contributed by atoms with Crippen LogP contribution in [0.1, 0.15) is 109 Å². The van der Waals surface area contributed by atoms with Crippen LogP contribution >= 0.6 is 0 Å². The lowest BCUT2D eigenvalue weighted by atomic mass is 10.0. The van der Waals surface area contributed by atoms with E-state index in [0.29, 0.717) is 12.4 Å². The van der Waals surface area contributed by atoms with Crippen molar-refractivity contribution in [3.05, 3.63) is 35.9 Å². The minimum atomic E-state index is 0.471. The van der Waals surface area contributed by atoms with Gasteiger partial charge in [0.25, 0.3) is 0 Å². The zero-order chi connectivity index (χ0) is 19.4. The molecule has 0 fully saturated rings. The Labute approximate surface area is 168 Å². The van der Waals surface area contributed by atoms with Gasteiger partial charge in [-0.3, -0.25) is 4.79 Å². The zero-order valence-electron chi connectivity index (χ0n) is 17.7. The van der Waals surface area contributed by atoms with Gasteiger partial charge in [0, 0.05) is 19.4 Å². The molecule has 154 valence electrons. The molecule has 0 aliphatic rings. The van der Waals surface area contributed by atoms with Crippen LogP contribution in [0.5, 0.6) is 0 Å². The first-order chi connectivity index (χ1) is 13.3. The molecule has 2 nitrogen and oxygen atoms in total. The Morgan fingerprint density at radius 2 is 1.22 bits per heavy atom. The molecule has 0 saturated carbocycles. The van der Waals surface area contributed by atoms with Crippen LogP contribution in [-0.2, 0) is 16.1 Å². The van der Waals surface area contributed by atoms with Gasteiger partial charge in [-0.1, -0.05) is 101 Å². The maximum Gasteiger partial charge on any atom is 0.132 e. The fourth-order valence-electron chi connectivity index (χ4n) is 3.40. The van der Waals surface area contributed by atoms with E-state index in [4.69, 9.17) is 4.74 Å². The summed E-state index contributed by atoms with van der Waals surface area (Å²) in [6, 6.07) is 10.3. The number of carbonyl (C=O) groups is 1. The van der Waals surface area contributed by atoms with Crippen molar-refractivity contribution in [1.82, 2.24) is 0 Å². The van der Waals surface area contributed by atoms with Crippen molar-refractivity contribution in [2.75, 3.05) is 6.61 Å². The Balaban J connectivity index is 1.78. The van der Waals surface area contributed by atoms with E-state index in [0.717, 1.165) is 45.1 Å². The fraction of sp³-hybridized carbons (Fsp3) is 0.720. The molecular weight excluding hydrogens is 332 g/mol. The molecule has 0 bridgehead atoms. The van der Waals surface area contributed by atoms with Gasteiger partial charge in [-0.15, -0.1) is 0 Å². The molecule has 0 amide bonds. The summed E-state index contributed by atoms with van der Waals surface area (Å²) in [4.78, 5) is 11.9. The molecule has 0 radical (unpaired) electrons. The predicted molar refractivity (Wildman–Crippen MR) is 116 cm³/mol. The highest BCUT2D eigenvalue weighted by molar-refractivity contribution is 5.78. The molecule has 0 aromatic heterocycles. The summed E-state index contributed by atoms with van der Waals surface area (Å²) in [6.07, 6.45) is 17.9. The van der Waals surface area contributed by atoms with Crippen molar-refractivity contribution in [2.24, 2.45) is 0 Å². The van der Waals surface area contributed by atoms with Crippen molar-refractivity contribution in [3.63, 3.8) is 0 Å². The van der Waals surface area contributed by atoms with Gasteiger partial charge in [-0.05, 0) is 24.8 Å². The number of hydrogen-bond acceptors (Lipinski definition) is 2. The molecule has 0 aliphatic heterocycles. The summed E-state index contributed by atoms with van der Waals surface area (Å²) in [5.74, 6) is 0.471. The third-order valence-corrected chi connectivity index (χ3v) is 5.17. The number of ketones is 1. The summed E-state index contributed by atoms with van der Waals surface area (Å²) in [5, 5.41) is 0. The molecule has 27 heavy (non-hydrogen) atoms. The van der Waals surface area contributed by atoms with Crippen LogP contribution in [0.25, 0.3) is 0 Å². The van der Waals surface area contributed by atoms with E-state index in [9.17, 15) is 4.79 Å². The van der Waals surface area contributed by atoms with Gasteiger partial charge in [0.1, 0.15) is 5.78 Å². The first-order valence-electron chi connectivity index (χ1n) is 11.5. The summed E-state index contributed by atoms with van der Waals surface area (Å²) < 4.78 is 5.69. The maximum atomic E-state index is 11.9. The Morgan fingerprint density at radius 1 is 0.704 bits per heavy atom. The highest BCUT2D eigenvalue weighted by atomic mass is 16.5. The van der Waals surface area contributed by atoms with E-state index in [2.05, 4.69) is 19.1 Å². The van der Waals surface area contributed by atoms with Crippen LogP contribution in [0.3, 0.4) is 0 Å². The Bertz CT molecular complexity index is 441. The molecular formula is C25H42O2. The summed E-state index contributed by atoms with van der Waals surface area (Å²) in [5.41, 5.74) is 1.24. The van der Waals surface area contributed by atoms with Gasteiger partial charge in [0.2, 0.25) is 0 Å². The van der Waals surface area contributed by atoms with Gasteiger partial charge in [-0.2, -0.15) is 0 Å². The van der Waals surface area contributed by atoms with Crippen molar-refractivity contribution < 1.29 is 9.53 Å². The van der Waals surface area contributed by atoms with Crippen molar-refractivity contribution in [1.29, 1.82) is 0 Å². The minimum absolute atomic E-state index is 0.471. The Kier molecular flexibility index (Phi) is 16.1. The third-order valence-electron chi connectivity index (χ3n) is 5.17. The van der Waals surface area contributed by atoms with E-state index in [1.165, 1.54) is 63.4 Å². The topological polar surface area (TPSA) is 26.3 Å². The van der Waals surface area contributed by atoms with E-state index in [-0.39, 0.29) is 0 Å². The molecule has 2 heteroatoms. The lowest BCUT2D eigenvalue weighted by molar-refractivity contribution is -0.119. The average Bonchev–Trinajstić information content (AvgIpc) is 2.69. The molecule has 0 N–H and O–H groups in total. The van der Waals surface area contributed by atoms with E-state index < -0.39 is 0 Å².